The van der Waals surface area contributed by atoms with Crippen LogP contribution >= 0.6 is 27.5 Å². The van der Waals surface area contributed by atoms with Gasteiger partial charge in [-0.2, -0.15) is 0 Å². The van der Waals surface area contributed by atoms with Crippen LogP contribution in [0.4, 0.5) is 4.39 Å². The largest absolute Gasteiger partial charge is 0.480 e. The second kappa shape index (κ2) is 5.70. The van der Waals surface area contributed by atoms with E-state index < -0.39 is 11.8 Å². The van der Waals surface area contributed by atoms with E-state index in [2.05, 4.69) is 20.9 Å². The maximum Gasteiger partial charge on any atom is 0.323 e. The third-order valence-electron chi connectivity index (χ3n) is 3.18. The van der Waals surface area contributed by atoms with Gasteiger partial charge in [-0.1, -0.05) is 27.5 Å². The minimum absolute atomic E-state index is 0.288. The summed E-state index contributed by atoms with van der Waals surface area (Å²) in [6.45, 7) is -0.288. The summed E-state index contributed by atoms with van der Waals surface area (Å²) in [6.07, 6.45) is 0. The summed E-state index contributed by atoms with van der Waals surface area (Å²) >= 11 is 9.54. The molecule has 1 aromatic heterocycles. The molecule has 7 heteroatoms. The Balaban J connectivity index is 2.29. The number of fused-ring (bicyclic) bond motifs is 1. The summed E-state index contributed by atoms with van der Waals surface area (Å²) < 4.78 is 15.7. The lowest BCUT2D eigenvalue weighted by molar-refractivity contribution is -0.137. The summed E-state index contributed by atoms with van der Waals surface area (Å²) in [6, 6.07) is 9.27. The lowest BCUT2D eigenvalue weighted by Crippen LogP contribution is -2.10. The number of carbonyl (C=O) groups is 1. The van der Waals surface area contributed by atoms with Gasteiger partial charge in [0.2, 0.25) is 0 Å². The van der Waals surface area contributed by atoms with E-state index in [1.54, 1.807) is 18.2 Å². The normalized spacial score (nSPS) is 11.0. The van der Waals surface area contributed by atoms with Crippen molar-refractivity contribution in [2.24, 2.45) is 0 Å². The topological polar surface area (TPSA) is 55.1 Å². The number of carboxylic acid groups (broad SMARTS) is 1. The Kier molecular flexibility index (Phi) is 3.88. The van der Waals surface area contributed by atoms with Crippen LogP contribution in [0, 0.1) is 5.82 Å². The fourth-order valence-electron chi connectivity index (χ4n) is 2.27. The number of halogens is 3. The third-order valence-corrected chi connectivity index (χ3v) is 3.98. The van der Waals surface area contributed by atoms with Gasteiger partial charge >= 0.3 is 5.97 Å². The molecule has 4 nitrogen and oxygen atoms in total. The van der Waals surface area contributed by atoms with Gasteiger partial charge in [0.05, 0.1) is 16.1 Å². The zero-order valence-corrected chi connectivity index (χ0v) is 13.4. The van der Waals surface area contributed by atoms with Gasteiger partial charge in [0.15, 0.2) is 0 Å². The van der Waals surface area contributed by atoms with Crippen molar-refractivity contribution in [1.82, 2.24) is 9.55 Å². The quantitative estimate of drug-likeness (QED) is 0.732. The first-order valence-corrected chi connectivity index (χ1v) is 7.46. The van der Waals surface area contributed by atoms with Gasteiger partial charge in [0.1, 0.15) is 18.2 Å². The van der Waals surface area contributed by atoms with Gasteiger partial charge in [0.25, 0.3) is 0 Å². The van der Waals surface area contributed by atoms with E-state index in [-0.39, 0.29) is 6.54 Å². The highest BCUT2D eigenvalue weighted by molar-refractivity contribution is 9.10. The molecule has 0 aliphatic rings. The molecule has 0 bridgehead atoms. The third kappa shape index (κ3) is 2.71. The molecule has 3 aromatic rings. The van der Waals surface area contributed by atoms with Gasteiger partial charge in [-0.3, -0.25) is 4.79 Å². The van der Waals surface area contributed by atoms with Crippen molar-refractivity contribution in [3.8, 4) is 11.4 Å². The molecular formula is C15H9BrClFN2O2. The van der Waals surface area contributed by atoms with Crippen molar-refractivity contribution in [2.45, 2.75) is 6.54 Å². The van der Waals surface area contributed by atoms with Crippen LogP contribution in [0.25, 0.3) is 22.4 Å². The molecule has 0 aliphatic heterocycles. The molecule has 0 amide bonds. The fraction of sp³-hybridized carbons (Fsp3) is 0.0667. The van der Waals surface area contributed by atoms with Crippen molar-refractivity contribution < 1.29 is 14.3 Å². The average Bonchev–Trinajstić information content (AvgIpc) is 2.76. The number of imidazole rings is 1. The number of nitrogens with zero attached hydrogens (tertiary/aromatic N) is 2. The highest BCUT2D eigenvalue weighted by Crippen LogP contribution is 2.32. The van der Waals surface area contributed by atoms with Crippen molar-refractivity contribution in [1.29, 1.82) is 0 Å². The number of hydrogen-bond acceptors (Lipinski definition) is 2. The Morgan fingerprint density at radius 1 is 1.32 bits per heavy atom. The van der Waals surface area contributed by atoms with Gasteiger partial charge in [-0.05, 0) is 30.3 Å². The van der Waals surface area contributed by atoms with E-state index in [0.717, 1.165) is 4.47 Å². The van der Waals surface area contributed by atoms with Crippen LogP contribution in [-0.4, -0.2) is 20.6 Å². The number of carboxylic acids is 1. The van der Waals surface area contributed by atoms with Gasteiger partial charge < -0.3 is 9.67 Å². The lowest BCUT2D eigenvalue weighted by atomic mass is 10.2. The van der Waals surface area contributed by atoms with Crippen molar-refractivity contribution in [3.05, 3.63) is 51.7 Å². The minimum atomic E-state index is -1.02. The van der Waals surface area contributed by atoms with E-state index >= 15 is 0 Å². The molecule has 0 spiro atoms. The van der Waals surface area contributed by atoms with Crippen LogP contribution < -0.4 is 0 Å². The smallest absolute Gasteiger partial charge is 0.323 e. The molecule has 2 aromatic carbocycles. The first-order valence-electron chi connectivity index (χ1n) is 6.28. The molecule has 0 fully saturated rings. The van der Waals surface area contributed by atoms with E-state index in [1.165, 1.54) is 22.8 Å². The van der Waals surface area contributed by atoms with Crippen molar-refractivity contribution >= 4 is 44.5 Å². The molecule has 0 unspecified atom stereocenters. The maximum atomic E-state index is 13.4. The van der Waals surface area contributed by atoms with Crippen LogP contribution in [0.3, 0.4) is 0 Å². The number of hydrogen-bond donors (Lipinski definition) is 1. The van der Waals surface area contributed by atoms with Gasteiger partial charge in [0, 0.05) is 16.1 Å². The number of rotatable bonds is 3. The Hall–Kier alpha value is -1.92. The second-order valence-electron chi connectivity index (χ2n) is 4.67. The van der Waals surface area contributed by atoms with E-state index in [0.29, 0.717) is 27.4 Å². The van der Waals surface area contributed by atoms with Crippen molar-refractivity contribution in [2.75, 3.05) is 0 Å². The molecule has 0 saturated carbocycles. The monoisotopic (exact) mass is 382 g/mol. The summed E-state index contributed by atoms with van der Waals surface area (Å²) in [5.74, 6) is -1.06. The first kappa shape index (κ1) is 15.0. The standard InChI is InChI=1S/C15H9BrClFN2O2/c16-8-1-3-10(11(17)5-8)15-19-12-6-9(18)2-4-13(12)20(15)7-14(21)22/h1-6H,7H2,(H,21,22). The molecule has 0 radical (unpaired) electrons. The zero-order chi connectivity index (χ0) is 15.9. The Morgan fingerprint density at radius 3 is 2.77 bits per heavy atom. The summed E-state index contributed by atoms with van der Waals surface area (Å²) in [7, 11) is 0. The number of benzene rings is 2. The van der Waals surface area contributed by atoms with Crippen LogP contribution in [0.5, 0.6) is 0 Å². The maximum absolute atomic E-state index is 13.4. The fourth-order valence-corrected chi connectivity index (χ4v) is 3.03. The molecule has 0 atom stereocenters. The molecule has 22 heavy (non-hydrogen) atoms. The molecule has 3 rings (SSSR count). The highest BCUT2D eigenvalue weighted by atomic mass is 79.9. The summed E-state index contributed by atoms with van der Waals surface area (Å²) in [5.41, 5.74) is 1.51. The Labute approximate surface area is 138 Å². The predicted molar refractivity (Wildman–Crippen MR) is 85.5 cm³/mol. The summed E-state index contributed by atoms with van der Waals surface area (Å²) in [4.78, 5) is 15.5. The molecule has 112 valence electrons. The summed E-state index contributed by atoms with van der Waals surface area (Å²) in [5, 5.41) is 9.55. The molecule has 0 aliphatic carbocycles. The van der Waals surface area contributed by atoms with Crippen LogP contribution in [0.1, 0.15) is 0 Å². The van der Waals surface area contributed by atoms with Gasteiger partial charge in [-0.25, -0.2) is 9.37 Å². The van der Waals surface area contributed by atoms with Crippen LogP contribution in [0.15, 0.2) is 40.9 Å². The first-order chi connectivity index (χ1) is 10.5. The van der Waals surface area contributed by atoms with Crippen molar-refractivity contribution in [3.63, 3.8) is 0 Å². The predicted octanol–water partition coefficient (Wildman–Crippen LogP) is 4.34. The minimum Gasteiger partial charge on any atom is -0.480 e. The second-order valence-corrected chi connectivity index (χ2v) is 6.00. The molecular weight excluding hydrogens is 375 g/mol. The molecule has 1 heterocycles. The van der Waals surface area contributed by atoms with E-state index in [9.17, 15) is 9.18 Å². The Morgan fingerprint density at radius 2 is 2.09 bits per heavy atom. The van der Waals surface area contributed by atoms with Crippen LogP contribution in [0.2, 0.25) is 5.02 Å². The highest BCUT2D eigenvalue weighted by Gasteiger charge is 2.17. The molecule has 1 N–H and O–H groups in total. The van der Waals surface area contributed by atoms with Crippen LogP contribution in [-0.2, 0) is 11.3 Å². The van der Waals surface area contributed by atoms with E-state index in [1.807, 2.05) is 0 Å². The lowest BCUT2D eigenvalue weighted by Gasteiger charge is -2.08. The average molecular weight is 384 g/mol. The number of aromatic nitrogens is 2. The van der Waals surface area contributed by atoms with E-state index in [4.69, 9.17) is 16.7 Å². The SMILES string of the molecule is O=C(O)Cn1c(-c2ccc(Br)cc2Cl)nc2cc(F)ccc21. The Bertz CT molecular complexity index is 895. The number of aliphatic carboxylic acids is 1. The van der Waals surface area contributed by atoms with Gasteiger partial charge in [-0.15, -0.1) is 0 Å². The molecule has 0 saturated heterocycles. The zero-order valence-electron chi connectivity index (χ0n) is 11.1.